The summed E-state index contributed by atoms with van der Waals surface area (Å²) in [5.74, 6) is -0.804. The van der Waals surface area contributed by atoms with Crippen LogP contribution >= 0.6 is 35.0 Å². The summed E-state index contributed by atoms with van der Waals surface area (Å²) in [7, 11) is 0. The maximum atomic E-state index is 12.1. The van der Waals surface area contributed by atoms with Crippen molar-refractivity contribution in [1.82, 2.24) is 5.32 Å². The lowest BCUT2D eigenvalue weighted by molar-refractivity contribution is -0.146. The number of amides is 2. The average molecular weight is 391 g/mol. The summed E-state index contributed by atoms with van der Waals surface area (Å²) in [6.45, 7) is 1.95. The molecule has 1 heterocycles. The number of rotatable bonds is 5. The molecular formula is C15H16Cl2N2O4S. The van der Waals surface area contributed by atoms with Gasteiger partial charge in [-0.05, 0) is 25.1 Å². The number of esters is 1. The first-order valence-electron chi connectivity index (χ1n) is 7.24. The van der Waals surface area contributed by atoms with Gasteiger partial charge in [-0.2, -0.15) is 0 Å². The highest BCUT2D eigenvalue weighted by Crippen LogP contribution is 2.27. The van der Waals surface area contributed by atoms with Crippen LogP contribution in [0.3, 0.4) is 0 Å². The van der Waals surface area contributed by atoms with Crippen molar-refractivity contribution in [3.63, 3.8) is 0 Å². The summed E-state index contributed by atoms with van der Waals surface area (Å²) in [5.41, 5.74) is 0.427. The number of ether oxygens (including phenoxy) is 1. The molecule has 1 saturated heterocycles. The predicted octanol–water partition coefficient (Wildman–Crippen LogP) is 2.49. The second-order valence-corrected chi connectivity index (χ2v) is 7.09. The van der Waals surface area contributed by atoms with Crippen molar-refractivity contribution in [3.8, 4) is 0 Å². The van der Waals surface area contributed by atoms with E-state index >= 15 is 0 Å². The van der Waals surface area contributed by atoms with Gasteiger partial charge < -0.3 is 15.4 Å². The van der Waals surface area contributed by atoms with Crippen molar-refractivity contribution in [3.05, 3.63) is 28.2 Å². The lowest BCUT2D eigenvalue weighted by atomic mass is 10.2. The number of halogens is 2. The molecule has 0 aromatic heterocycles. The minimum atomic E-state index is -0.674. The van der Waals surface area contributed by atoms with Gasteiger partial charge in [-0.1, -0.05) is 23.2 Å². The highest BCUT2D eigenvalue weighted by atomic mass is 35.5. The van der Waals surface area contributed by atoms with E-state index in [9.17, 15) is 14.4 Å². The van der Waals surface area contributed by atoms with Gasteiger partial charge in [-0.25, -0.2) is 4.79 Å². The highest BCUT2D eigenvalue weighted by Gasteiger charge is 2.34. The van der Waals surface area contributed by atoms with E-state index in [1.54, 1.807) is 19.1 Å². The number of hydrogen-bond donors (Lipinski definition) is 2. The molecule has 9 heteroatoms. The number of hydrogen-bond acceptors (Lipinski definition) is 5. The molecule has 2 amide bonds. The molecule has 130 valence electrons. The van der Waals surface area contributed by atoms with Crippen molar-refractivity contribution >= 4 is 58.4 Å². The van der Waals surface area contributed by atoms with Gasteiger partial charge in [0.05, 0.1) is 22.6 Å². The lowest BCUT2D eigenvalue weighted by Gasteiger charge is -2.27. The van der Waals surface area contributed by atoms with Crippen LogP contribution in [-0.4, -0.2) is 41.4 Å². The summed E-state index contributed by atoms with van der Waals surface area (Å²) in [6, 6.07) is 4.04. The zero-order valence-electron chi connectivity index (χ0n) is 12.8. The van der Waals surface area contributed by atoms with Gasteiger partial charge in [0.25, 0.3) is 0 Å². The molecule has 1 fully saturated rings. The van der Waals surface area contributed by atoms with Crippen molar-refractivity contribution in [1.29, 1.82) is 0 Å². The zero-order chi connectivity index (χ0) is 17.7. The van der Waals surface area contributed by atoms with Gasteiger partial charge >= 0.3 is 5.97 Å². The van der Waals surface area contributed by atoms with E-state index in [-0.39, 0.29) is 24.8 Å². The molecule has 1 aliphatic heterocycles. The number of carbonyl (C=O) groups is 3. The molecule has 1 aromatic carbocycles. The summed E-state index contributed by atoms with van der Waals surface area (Å²) < 4.78 is 4.88. The van der Waals surface area contributed by atoms with Crippen LogP contribution < -0.4 is 10.6 Å². The van der Waals surface area contributed by atoms with Crippen LogP contribution in [0.5, 0.6) is 0 Å². The van der Waals surface area contributed by atoms with Crippen molar-refractivity contribution < 1.29 is 19.1 Å². The number of thioether (sulfide) groups is 1. The molecular weight excluding hydrogens is 375 g/mol. The Kier molecular flexibility index (Phi) is 6.77. The first kappa shape index (κ1) is 18.9. The van der Waals surface area contributed by atoms with Gasteiger partial charge in [0, 0.05) is 17.2 Å². The molecule has 0 spiro atoms. The van der Waals surface area contributed by atoms with Crippen LogP contribution in [0, 0.1) is 0 Å². The Morgan fingerprint density at radius 2 is 2.17 bits per heavy atom. The Morgan fingerprint density at radius 1 is 1.42 bits per heavy atom. The Bertz CT molecular complexity index is 656. The maximum absolute atomic E-state index is 12.1. The van der Waals surface area contributed by atoms with E-state index in [2.05, 4.69) is 10.6 Å². The Hall–Kier alpha value is -1.44. The lowest BCUT2D eigenvalue weighted by Crippen LogP contribution is -2.51. The highest BCUT2D eigenvalue weighted by molar-refractivity contribution is 8.00. The number of nitrogens with one attached hydrogen (secondary N) is 2. The standard InChI is InChI=1S/C15H16Cl2N2O4S/c1-2-23-15(22)11-7-24-12(14(21)19-11)6-13(20)18-10-4-3-8(16)5-9(10)17/h3-5,11-12H,2,6-7H2,1H3,(H,18,20)(H,19,21). The largest absolute Gasteiger partial charge is 0.464 e. The normalized spacial score (nSPS) is 20.2. The van der Waals surface area contributed by atoms with Crippen molar-refractivity contribution in [2.24, 2.45) is 0 Å². The molecule has 0 aliphatic carbocycles. The fraction of sp³-hybridized carbons (Fsp3) is 0.400. The quantitative estimate of drug-likeness (QED) is 0.754. The number of carbonyl (C=O) groups excluding carboxylic acids is 3. The van der Waals surface area contributed by atoms with E-state index in [0.29, 0.717) is 21.5 Å². The Labute approximate surface area is 153 Å². The van der Waals surface area contributed by atoms with Crippen LogP contribution in [0.4, 0.5) is 5.69 Å². The van der Waals surface area contributed by atoms with Gasteiger partial charge in [0.15, 0.2) is 0 Å². The molecule has 24 heavy (non-hydrogen) atoms. The van der Waals surface area contributed by atoms with Crippen molar-refractivity contribution in [2.45, 2.75) is 24.6 Å². The molecule has 2 N–H and O–H groups in total. The van der Waals surface area contributed by atoms with Gasteiger partial charge in [0.1, 0.15) is 6.04 Å². The Balaban J connectivity index is 1.89. The minimum Gasteiger partial charge on any atom is -0.464 e. The summed E-state index contributed by atoms with van der Waals surface area (Å²) in [6.07, 6.45) is -0.0228. The Morgan fingerprint density at radius 3 is 2.79 bits per heavy atom. The summed E-state index contributed by atoms with van der Waals surface area (Å²) in [4.78, 5) is 35.8. The second kappa shape index (κ2) is 8.60. The van der Waals surface area contributed by atoms with Gasteiger partial charge in [0.2, 0.25) is 11.8 Å². The van der Waals surface area contributed by atoms with E-state index in [4.69, 9.17) is 27.9 Å². The average Bonchev–Trinajstić information content (AvgIpc) is 2.52. The molecule has 0 radical (unpaired) electrons. The fourth-order valence-electron chi connectivity index (χ4n) is 2.08. The number of benzene rings is 1. The van der Waals surface area contributed by atoms with Crippen LogP contribution in [-0.2, 0) is 19.1 Å². The topological polar surface area (TPSA) is 84.5 Å². The molecule has 0 saturated carbocycles. The first-order valence-corrected chi connectivity index (χ1v) is 9.04. The van der Waals surface area contributed by atoms with Gasteiger partial charge in [-0.15, -0.1) is 11.8 Å². The predicted molar refractivity (Wildman–Crippen MR) is 94.5 cm³/mol. The first-order chi connectivity index (χ1) is 11.4. The van der Waals surface area contributed by atoms with Crippen LogP contribution in [0.15, 0.2) is 18.2 Å². The van der Waals surface area contributed by atoms with Crippen molar-refractivity contribution in [2.75, 3.05) is 17.7 Å². The third-order valence-corrected chi connectivity index (χ3v) is 5.08. The molecule has 1 aromatic rings. The van der Waals surface area contributed by atoms with Crippen LogP contribution in [0.2, 0.25) is 10.0 Å². The van der Waals surface area contributed by atoms with E-state index in [1.165, 1.54) is 17.8 Å². The zero-order valence-corrected chi connectivity index (χ0v) is 15.1. The third kappa shape index (κ3) is 5.03. The third-order valence-electron chi connectivity index (χ3n) is 3.22. The molecule has 6 nitrogen and oxygen atoms in total. The number of anilines is 1. The maximum Gasteiger partial charge on any atom is 0.329 e. The fourth-order valence-corrected chi connectivity index (χ4v) is 3.66. The van der Waals surface area contributed by atoms with Crippen LogP contribution in [0.1, 0.15) is 13.3 Å². The monoisotopic (exact) mass is 390 g/mol. The van der Waals surface area contributed by atoms with E-state index in [1.807, 2.05) is 0 Å². The molecule has 0 bridgehead atoms. The summed E-state index contributed by atoms with van der Waals surface area (Å²) >= 11 is 13.0. The van der Waals surface area contributed by atoms with Gasteiger partial charge in [-0.3, -0.25) is 9.59 Å². The molecule has 1 aliphatic rings. The van der Waals surface area contributed by atoms with E-state index in [0.717, 1.165) is 0 Å². The SMILES string of the molecule is CCOC(=O)C1CSC(CC(=O)Nc2ccc(Cl)cc2Cl)C(=O)N1. The minimum absolute atomic E-state index is 0.0228. The summed E-state index contributed by atoms with van der Waals surface area (Å²) in [5, 5.41) is 5.44. The molecule has 2 unspecified atom stereocenters. The second-order valence-electron chi connectivity index (χ2n) is 5.01. The van der Waals surface area contributed by atoms with E-state index < -0.39 is 17.3 Å². The smallest absolute Gasteiger partial charge is 0.329 e. The molecule has 2 rings (SSSR count). The molecule has 2 atom stereocenters. The van der Waals surface area contributed by atoms with Crippen LogP contribution in [0.25, 0.3) is 0 Å².